The Labute approximate surface area is 302 Å². The number of rotatable bonds is 6. The van der Waals surface area contributed by atoms with Crippen molar-refractivity contribution in [2.75, 3.05) is 4.90 Å². The molecule has 0 amide bonds. The van der Waals surface area contributed by atoms with Crippen LogP contribution >= 0.6 is 11.3 Å². The van der Waals surface area contributed by atoms with Crippen LogP contribution in [-0.2, 0) is 5.41 Å². The number of fused-ring (bicyclic) bond motifs is 10. The van der Waals surface area contributed by atoms with Crippen LogP contribution in [-0.4, -0.2) is 0 Å². The van der Waals surface area contributed by atoms with Gasteiger partial charge in [-0.2, -0.15) is 0 Å². The number of anilines is 2. The van der Waals surface area contributed by atoms with Gasteiger partial charge in [0.2, 0.25) is 0 Å². The van der Waals surface area contributed by atoms with Crippen LogP contribution < -0.4 is 4.90 Å². The first-order valence-electron chi connectivity index (χ1n) is 17.5. The summed E-state index contributed by atoms with van der Waals surface area (Å²) in [5.74, 6) is 0. The van der Waals surface area contributed by atoms with E-state index < -0.39 is 5.41 Å². The van der Waals surface area contributed by atoms with Gasteiger partial charge in [-0.3, -0.25) is 0 Å². The number of hydrogen-bond acceptors (Lipinski definition) is 2. The first-order chi connectivity index (χ1) is 25.3. The van der Waals surface area contributed by atoms with Gasteiger partial charge in [0, 0.05) is 37.0 Å². The second kappa shape index (κ2) is 11.7. The summed E-state index contributed by atoms with van der Waals surface area (Å²) < 4.78 is 2.59. The van der Waals surface area contributed by atoms with Crippen molar-refractivity contribution in [1.82, 2.24) is 0 Å². The maximum atomic E-state index is 4.11. The molecule has 51 heavy (non-hydrogen) atoms. The summed E-state index contributed by atoms with van der Waals surface area (Å²) >= 11 is 1.86. The second-order valence-electron chi connectivity index (χ2n) is 13.2. The molecule has 0 fully saturated rings. The molecule has 0 aliphatic heterocycles. The number of para-hydroxylation sites is 1. The van der Waals surface area contributed by atoms with E-state index in [4.69, 9.17) is 0 Å². The smallest absolute Gasteiger partial charge is 0.0881 e. The number of nitrogens with zero attached hydrogens (tertiary/aromatic N) is 1. The van der Waals surface area contributed by atoms with Crippen molar-refractivity contribution in [3.63, 3.8) is 0 Å². The topological polar surface area (TPSA) is 3.24 Å². The monoisotopic (exact) mass is 667 g/mol. The van der Waals surface area contributed by atoms with Gasteiger partial charge in [-0.05, 0) is 69.3 Å². The highest BCUT2D eigenvalue weighted by molar-refractivity contribution is 7.25. The molecular weight excluding hydrogens is 635 g/mol. The largest absolute Gasteiger partial charge is 0.311 e. The van der Waals surface area contributed by atoms with Gasteiger partial charge in [0.15, 0.2) is 0 Å². The summed E-state index contributed by atoms with van der Waals surface area (Å²) in [7, 11) is 0. The first kappa shape index (κ1) is 29.7. The lowest BCUT2D eigenvalue weighted by Gasteiger charge is -2.40. The molecule has 0 radical (unpaired) electrons. The average Bonchev–Trinajstić information content (AvgIpc) is 3.81. The molecule has 7 aromatic carbocycles. The number of thiophene rings is 1. The Balaban J connectivity index is 1.39. The van der Waals surface area contributed by atoms with E-state index >= 15 is 0 Å². The van der Waals surface area contributed by atoms with Crippen LogP contribution in [0.25, 0.3) is 48.0 Å². The zero-order chi connectivity index (χ0) is 33.9. The van der Waals surface area contributed by atoms with E-state index in [9.17, 15) is 0 Å². The van der Waals surface area contributed by atoms with E-state index in [-0.39, 0.29) is 0 Å². The lowest BCUT2D eigenvalue weighted by molar-refractivity contribution is 0.745. The van der Waals surface area contributed by atoms with Crippen LogP contribution in [0, 0.1) is 0 Å². The summed E-state index contributed by atoms with van der Waals surface area (Å²) in [5, 5.41) is 2.56. The van der Waals surface area contributed by atoms with Crippen LogP contribution in [0.4, 0.5) is 11.4 Å². The number of allylic oxidation sites excluding steroid dienone is 5. The van der Waals surface area contributed by atoms with E-state index in [0.717, 1.165) is 11.4 Å². The molecule has 8 aromatic rings. The minimum absolute atomic E-state index is 0.583. The predicted octanol–water partition coefficient (Wildman–Crippen LogP) is 13.3. The fraction of sp³-hybridized carbons (Fsp3) is 0.0204. The van der Waals surface area contributed by atoms with Crippen LogP contribution in [0.5, 0.6) is 0 Å². The van der Waals surface area contributed by atoms with Crippen molar-refractivity contribution in [3.05, 3.63) is 223 Å². The Morgan fingerprint density at radius 3 is 1.80 bits per heavy atom. The van der Waals surface area contributed by atoms with E-state index in [2.05, 4.69) is 193 Å². The molecule has 1 spiro atoms. The summed E-state index contributed by atoms with van der Waals surface area (Å²) in [6.45, 7) is 4.11. The van der Waals surface area contributed by atoms with Crippen LogP contribution in [0.15, 0.2) is 200 Å². The standard InChI is InChI=1S/C49H33NS/c1-2-3-19-40-38-23-9-14-27-44(38)49(42-25-12-7-21-36(42)37-22-8-13-26-43(37)49)48(40)50(45-28-15-10-20-35(45)33-17-5-4-6-18-33)34-30-31-47-41(32-34)39-24-11-16-29-46(39)51-47/h2-32H,1H2/b19-3-. The molecular formula is C49H33NS. The predicted molar refractivity (Wildman–Crippen MR) is 218 cm³/mol. The first-order valence-corrected chi connectivity index (χ1v) is 18.3. The van der Waals surface area contributed by atoms with Crippen molar-refractivity contribution in [3.8, 4) is 22.3 Å². The highest BCUT2D eigenvalue weighted by atomic mass is 32.1. The second-order valence-corrected chi connectivity index (χ2v) is 14.3. The quantitative estimate of drug-likeness (QED) is 0.160. The third-order valence-corrected chi connectivity index (χ3v) is 11.8. The minimum Gasteiger partial charge on any atom is -0.311 e. The molecule has 2 aliphatic rings. The van der Waals surface area contributed by atoms with Crippen molar-refractivity contribution >= 4 is 48.5 Å². The lowest BCUT2D eigenvalue weighted by Crippen LogP contribution is -2.36. The van der Waals surface area contributed by atoms with Crippen LogP contribution in [0.2, 0.25) is 0 Å². The summed E-state index contributed by atoms with van der Waals surface area (Å²) in [6.07, 6.45) is 6.26. The fourth-order valence-electron chi connectivity index (χ4n) is 8.68. The van der Waals surface area contributed by atoms with Crippen LogP contribution in [0.3, 0.4) is 0 Å². The molecule has 2 heteroatoms. The van der Waals surface area contributed by atoms with Gasteiger partial charge in [-0.25, -0.2) is 0 Å². The number of benzene rings is 7. The maximum Gasteiger partial charge on any atom is 0.0881 e. The van der Waals surface area contributed by atoms with Crippen molar-refractivity contribution in [2.24, 2.45) is 0 Å². The van der Waals surface area contributed by atoms with Gasteiger partial charge in [0.05, 0.1) is 16.8 Å². The Morgan fingerprint density at radius 2 is 1.08 bits per heavy atom. The molecule has 0 saturated carbocycles. The third kappa shape index (κ3) is 4.27. The average molecular weight is 668 g/mol. The van der Waals surface area contributed by atoms with E-state index in [0.29, 0.717) is 0 Å². The Hall–Kier alpha value is -6.22. The Morgan fingerprint density at radius 1 is 0.510 bits per heavy atom. The summed E-state index contributed by atoms with van der Waals surface area (Å²) in [6, 6.07) is 62.6. The third-order valence-electron chi connectivity index (χ3n) is 10.7. The maximum absolute atomic E-state index is 4.11. The molecule has 0 N–H and O–H groups in total. The molecule has 240 valence electrons. The minimum atomic E-state index is -0.583. The molecule has 2 aliphatic carbocycles. The lowest BCUT2D eigenvalue weighted by atomic mass is 9.71. The highest BCUT2D eigenvalue weighted by Gasteiger charge is 2.55. The molecule has 0 saturated heterocycles. The van der Waals surface area contributed by atoms with E-state index in [1.54, 1.807) is 0 Å². The number of hydrogen-bond donors (Lipinski definition) is 0. The van der Waals surface area contributed by atoms with Crippen molar-refractivity contribution in [1.29, 1.82) is 0 Å². The van der Waals surface area contributed by atoms with Crippen molar-refractivity contribution < 1.29 is 0 Å². The van der Waals surface area contributed by atoms with Gasteiger partial charge >= 0.3 is 0 Å². The molecule has 1 nitrogen and oxygen atoms in total. The SMILES string of the molecule is C=C/C=C\C1=C(N(c2ccc3sc4ccccc4c3c2)c2ccccc2-c2ccccc2)C2(c3ccccc31)c1ccccc1-c1ccccc12. The Kier molecular flexibility index (Phi) is 6.80. The van der Waals surface area contributed by atoms with Gasteiger partial charge in [0.1, 0.15) is 0 Å². The van der Waals surface area contributed by atoms with Gasteiger partial charge in [-0.15, -0.1) is 11.3 Å². The summed E-state index contributed by atoms with van der Waals surface area (Å²) in [4.78, 5) is 2.58. The van der Waals surface area contributed by atoms with Crippen LogP contribution in [0.1, 0.15) is 22.3 Å². The van der Waals surface area contributed by atoms with E-state index in [1.165, 1.54) is 76.0 Å². The zero-order valence-corrected chi connectivity index (χ0v) is 28.8. The molecule has 10 rings (SSSR count). The summed E-state index contributed by atoms with van der Waals surface area (Å²) in [5.41, 5.74) is 14.2. The zero-order valence-electron chi connectivity index (χ0n) is 28.0. The molecule has 0 unspecified atom stereocenters. The normalized spacial score (nSPS) is 14.0. The molecule has 0 atom stereocenters. The van der Waals surface area contributed by atoms with Crippen molar-refractivity contribution in [2.45, 2.75) is 5.41 Å². The van der Waals surface area contributed by atoms with E-state index in [1.807, 2.05) is 17.4 Å². The highest BCUT2D eigenvalue weighted by Crippen LogP contribution is 2.64. The Bertz CT molecular complexity index is 2680. The van der Waals surface area contributed by atoms with Gasteiger partial charge in [-0.1, -0.05) is 164 Å². The molecule has 0 bridgehead atoms. The molecule has 1 aromatic heterocycles. The molecule has 1 heterocycles. The van der Waals surface area contributed by atoms with Gasteiger partial charge in [0.25, 0.3) is 0 Å². The van der Waals surface area contributed by atoms with Gasteiger partial charge < -0.3 is 4.90 Å². The fourth-order valence-corrected chi connectivity index (χ4v) is 9.76.